The predicted molar refractivity (Wildman–Crippen MR) is 65.5 cm³/mol. The van der Waals surface area contributed by atoms with E-state index in [9.17, 15) is 4.79 Å². The van der Waals surface area contributed by atoms with Gasteiger partial charge in [0.15, 0.2) is 0 Å². The summed E-state index contributed by atoms with van der Waals surface area (Å²) in [6.07, 6.45) is 2.62. The van der Waals surface area contributed by atoms with Crippen molar-refractivity contribution in [1.29, 1.82) is 0 Å². The normalized spacial score (nSPS) is 16.9. The molecule has 0 bridgehead atoms. The monoisotopic (exact) mass is 218 g/mol. The van der Waals surface area contributed by atoms with Crippen molar-refractivity contribution in [3.8, 4) is 0 Å². The Kier molecular flexibility index (Phi) is 2.86. The fraction of sp³-hybridized carbons (Fsp3) is 0.462. The quantitative estimate of drug-likeness (QED) is 0.814. The number of hydrogen-bond acceptors (Lipinski definition) is 2. The molecule has 1 atom stereocenters. The first-order valence-corrected chi connectivity index (χ1v) is 5.75. The third-order valence-electron chi connectivity index (χ3n) is 3.31. The Morgan fingerprint density at radius 2 is 2.19 bits per heavy atom. The molecule has 1 unspecified atom stereocenters. The van der Waals surface area contributed by atoms with E-state index >= 15 is 0 Å². The van der Waals surface area contributed by atoms with E-state index in [0.717, 1.165) is 17.2 Å². The highest BCUT2D eigenvalue weighted by molar-refractivity contribution is 5.95. The number of benzene rings is 1. The lowest BCUT2D eigenvalue weighted by molar-refractivity contribution is 0.1000. The van der Waals surface area contributed by atoms with Gasteiger partial charge < -0.3 is 11.1 Å². The summed E-state index contributed by atoms with van der Waals surface area (Å²) in [5.74, 6) is 0.428. The van der Waals surface area contributed by atoms with Gasteiger partial charge in [0.25, 0.3) is 0 Å². The summed E-state index contributed by atoms with van der Waals surface area (Å²) in [4.78, 5) is 11.2. The molecule has 3 nitrogen and oxygen atoms in total. The standard InChI is InChI=1S/C13H18N2O/c1-8-11(13(14)16)4-3-5-12(8)15-9(2)10-6-7-10/h3-5,9-10,15H,6-7H2,1-2H3,(H2,14,16). The second kappa shape index (κ2) is 4.16. The number of anilines is 1. The highest BCUT2D eigenvalue weighted by atomic mass is 16.1. The van der Waals surface area contributed by atoms with Crippen molar-refractivity contribution in [3.63, 3.8) is 0 Å². The van der Waals surface area contributed by atoms with Crippen molar-refractivity contribution in [1.82, 2.24) is 0 Å². The molecule has 1 aromatic rings. The largest absolute Gasteiger partial charge is 0.382 e. The van der Waals surface area contributed by atoms with Crippen LogP contribution in [0.4, 0.5) is 5.69 Å². The molecule has 0 aromatic heterocycles. The fourth-order valence-electron chi connectivity index (χ4n) is 2.02. The lowest BCUT2D eigenvalue weighted by Gasteiger charge is -2.17. The van der Waals surface area contributed by atoms with Gasteiger partial charge in [0, 0.05) is 17.3 Å². The fourth-order valence-corrected chi connectivity index (χ4v) is 2.02. The van der Waals surface area contributed by atoms with E-state index in [2.05, 4.69) is 12.2 Å². The van der Waals surface area contributed by atoms with E-state index in [-0.39, 0.29) is 5.91 Å². The van der Waals surface area contributed by atoms with Gasteiger partial charge in [0.2, 0.25) is 5.91 Å². The van der Waals surface area contributed by atoms with Gasteiger partial charge in [-0.2, -0.15) is 0 Å². The minimum absolute atomic E-state index is 0.361. The molecule has 16 heavy (non-hydrogen) atoms. The first-order chi connectivity index (χ1) is 7.59. The van der Waals surface area contributed by atoms with E-state index in [0.29, 0.717) is 11.6 Å². The predicted octanol–water partition coefficient (Wildman–Crippen LogP) is 2.30. The zero-order chi connectivity index (χ0) is 11.7. The lowest BCUT2D eigenvalue weighted by atomic mass is 10.1. The molecule has 1 fully saturated rings. The molecular weight excluding hydrogens is 200 g/mol. The summed E-state index contributed by atoms with van der Waals surface area (Å²) in [5, 5.41) is 3.46. The minimum Gasteiger partial charge on any atom is -0.382 e. The Morgan fingerprint density at radius 3 is 2.75 bits per heavy atom. The number of carbonyl (C=O) groups excluding carboxylic acids is 1. The highest BCUT2D eigenvalue weighted by Crippen LogP contribution is 2.34. The molecule has 1 aliphatic rings. The van der Waals surface area contributed by atoms with E-state index in [4.69, 9.17) is 5.73 Å². The molecule has 3 heteroatoms. The maximum absolute atomic E-state index is 11.2. The van der Waals surface area contributed by atoms with Crippen LogP contribution in [0, 0.1) is 12.8 Å². The summed E-state index contributed by atoms with van der Waals surface area (Å²) < 4.78 is 0. The van der Waals surface area contributed by atoms with Crippen molar-refractivity contribution in [2.45, 2.75) is 32.7 Å². The molecule has 3 N–H and O–H groups in total. The van der Waals surface area contributed by atoms with Crippen LogP contribution in [0.1, 0.15) is 35.7 Å². The Hall–Kier alpha value is -1.51. The SMILES string of the molecule is Cc1c(NC(C)C2CC2)cccc1C(N)=O. The number of amides is 1. The van der Waals surface area contributed by atoms with Crippen molar-refractivity contribution in [2.24, 2.45) is 11.7 Å². The summed E-state index contributed by atoms with van der Waals surface area (Å²) >= 11 is 0. The number of nitrogens with one attached hydrogen (secondary N) is 1. The van der Waals surface area contributed by atoms with Gasteiger partial charge in [-0.3, -0.25) is 4.79 Å². The number of rotatable bonds is 4. The molecule has 1 aromatic carbocycles. The van der Waals surface area contributed by atoms with E-state index in [1.165, 1.54) is 12.8 Å². The zero-order valence-electron chi connectivity index (χ0n) is 9.79. The molecule has 1 aliphatic carbocycles. The van der Waals surface area contributed by atoms with Crippen LogP contribution in [0.3, 0.4) is 0 Å². The van der Waals surface area contributed by atoms with Crippen LogP contribution in [-0.2, 0) is 0 Å². The van der Waals surface area contributed by atoms with E-state index in [1.54, 1.807) is 6.07 Å². The second-order valence-electron chi connectivity index (χ2n) is 4.61. The summed E-state index contributed by atoms with van der Waals surface area (Å²) in [6, 6.07) is 6.11. The zero-order valence-corrected chi connectivity index (χ0v) is 9.79. The Morgan fingerprint density at radius 1 is 1.50 bits per heavy atom. The number of primary amides is 1. The molecule has 2 rings (SSSR count). The maximum Gasteiger partial charge on any atom is 0.249 e. The highest BCUT2D eigenvalue weighted by Gasteiger charge is 2.28. The van der Waals surface area contributed by atoms with Gasteiger partial charge in [-0.1, -0.05) is 6.07 Å². The van der Waals surface area contributed by atoms with Crippen LogP contribution < -0.4 is 11.1 Å². The maximum atomic E-state index is 11.2. The average Bonchev–Trinajstić information content (AvgIpc) is 3.03. The van der Waals surface area contributed by atoms with Crippen molar-refractivity contribution >= 4 is 11.6 Å². The van der Waals surface area contributed by atoms with Gasteiger partial charge in [-0.25, -0.2) is 0 Å². The molecule has 0 saturated heterocycles. The lowest BCUT2D eigenvalue weighted by Crippen LogP contribution is -2.19. The van der Waals surface area contributed by atoms with Crippen LogP contribution in [0.5, 0.6) is 0 Å². The third-order valence-corrected chi connectivity index (χ3v) is 3.31. The first kappa shape index (κ1) is 11.0. The number of hydrogen-bond donors (Lipinski definition) is 2. The van der Waals surface area contributed by atoms with Crippen molar-refractivity contribution < 1.29 is 4.79 Å². The molecule has 86 valence electrons. The van der Waals surface area contributed by atoms with Crippen LogP contribution in [0.2, 0.25) is 0 Å². The average molecular weight is 218 g/mol. The second-order valence-corrected chi connectivity index (χ2v) is 4.61. The smallest absolute Gasteiger partial charge is 0.249 e. The molecule has 0 radical (unpaired) electrons. The Balaban J connectivity index is 2.19. The molecule has 0 aliphatic heterocycles. The Labute approximate surface area is 96.0 Å². The van der Waals surface area contributed by atoms with Crippen LogP contribution >= 0.6 is 0 Å². The van der Waals surface area contributed by atoms with Gasteiger partial charge in [0.05, 0.1) is 0 Å². The molecule has 1 amide bonds. The summed E-state index contributed by atoms with van der Waals surface area (Å²) in [7, 11) is 0. The number of nitrogens with two attached hydrogens (primary N) is 1. The van der Waals surface area contributed by atoms with Crippen molar-refractivity contribution in [3.05, 3.63) is 29.3 Å². The first-order valence-electron chi connectivity index (χ1n) is 5.75. The molecule has 1 saturated carbocycles. The van der Waals surface area contributed by atoms with E-state index < -0.39 is 0 Å². The molecule has 0 heterocycles. The number of carbonyl (C=O) groups is 1. The van der Waals surface area contributed by atoms with E-state index in [1.807, 2.05) is 19.1 Å². The Bertz CT molecular complexity index is 410. The van der Waals surface area contributed by atoms with Gasteiger partial charge in [0.1, 0.15) is 0 Å². The van der Waals surface area contributed by atoms with Crippen molar-refractivity contribution in [2.75, 3.05) is 5.32 Å². The third kappa shape index (κ3) is 2.18. The van der Waals surface area contributed by atoms with Gasteiger partial charge in [-0.05, 0) is 50.3 Å². The van der Waals surface area contributed by atoms with Gasteiger partial charge in [-0.15, -0.1) is 0 Å². The van der Waals surface area contributed by atoms with Crippen LogP contribution in [0.25, 0.3) is 0 Å². The minimum atomic E-state index is -0.361. The molecule has 0 spiro atoms. The topological polar surface area (TPSA) is 55.1 Å². The van der Waals surface area contributed by atoms with Gasteiger partial charge >= 0.3 is 0 Å². The molecular formula is C13H18N2O. The van der Waals surface area contributed by atoms with Crippen LogP contribution in [0.15, 0.2) is 18.2 Å². The summed E-state index contributed by atoms with van der Waals surface area (Å²) in [6.45, 7) is 4.12. The van der Waals surface area contributed by atoms with Crippen LogP contribution in [-0.4, -0.2) is 11.9 Å². The summed E-state index contributed by atoms with van der Waals surface area (Å²) in [5.41, 5.74) is 7.89.